The second kappa shape index (κ2) is 6.51. The molecule has 1 aromatic carbocycles. The van der Waals surface area contributed by atoms with Gasteiger partial charge in [0, 0.05) is 44.8 Å². The van der Waals surface area contributed by atoms with Crippen molar-refractivity contribution in [3.05, 3.63) is 30.1 Å². The maximum absolute atomic E-state index is 12.7. The van der Waals surface area contributed by atoms with Gasteiger partial charge in [-0.2, -0.15) is 0 Å². The van der Waals surface area contributed by atoms with Crippen molar-refractivity contribution >= 4 is 23.0 Å². The lowest BCUT2D eigenvalue weighted by atomic mass is 10.1. The highest BCUT2D eigenvalue weighted by atomic mass is 16.2. The fourth-order valence-corrected chi connectivity index (χ4v) is 2.90. The molecule has 3 rings (SSSR count). The Bertz CT molecular complexity index is 759. The van der Waals surface area contributed by atoms with Crippen LogP contribution in [0.4, 0.5) is 4.79 Å². The van der Waals surface area contributed by atoms with Gasteiger partial charge >= 0.3 is 6.03 Å². The van der Waals surface area contributed by atoms with E-state index in [0.717, 1.165) is 11.0 Å². The summed E-state index contributed by atoms with van der Waals surface area (Å²) < 4.78 is 1.93. The van der Waals surface area contributed by atoms with Crippen molar-refractivity contribution in [2.24, 2.45) is 7.05 Å². The highest BCUT2D eigenvalue weighted by Gasteiger charge is 2.25. The van der Waals surface area contributed by atoms with E-state index in [1.54, 1.807) is 16.1 Å². The summed E-state index contributed by atoms with van der Waals surface area (Å²) in [6, 6.07) is 5.64. The molecular weight excluding hydrogens is 306 g/mol. The smallest absolute Gasteiger partial charge is 0.317 e. The molecule has 0 atom stereocenters. The summed E-state index contributed by atoms with van der Waals surface area (Å²) in [7, 11) is 1.93. The Kier molecular flexibility index (Phi) is 4.42. The van der Waals surface area contributed by atoms with Gasteiger partial charge in [0.1, 0.15) is 0 Å². The minimum Gasteiger partial charge on any atom is -0.336 e. The Morgan fingerprint density at radius 3 is 2.46 bits per heavy atom. The maximum Gasteiger partial charge on any atom is 0.317 e. The van der Waals surface area contributed by atoms with Crippen LogP contribution in [0.1, 0.15) is 24.2 Å². The summed E-state index contributed by atoms with van der Waals surface area (Å²) in [5.74, 6) is -0.00790. The molecule has 2 heterocycles. The number of carbonyl (C=O) groups is 2. The molecule has 1 aliphatic rings. The molecule has 7 nitrogen and oxygen atoms in total. The molecule has 0 saturated carbocycles. The normalized spacial score (nSPS) is 15.2. The summed E-state index contributed by atoms with van der Waals surface area (Å²) in [5, 5.41) is 2.88. The molecular formula is C17H23N5O2. The van der Waals surface area contributed by atoms with Crippen molar-refractivity contribution in [3.8, 4) is 0 Å². The predicted octanol–water partition coefficient (Wildman–Crippen LogP) is 1.45. The highest BCUT2D eigenvalue weighted by molar-refractivity contribution is 5.97. The SMILES string of the molecule is CC(C)NC(=O)N1CCN(C(=O)c2ccc3c(c2)ncn3C)CC1. The third kappa shape index (κ3) is 3.20. The summed E-state index contributed by atoms with van der Waals surface area (Å²) in [6.07, 6.45) is 1.74. The van der Waals surface area contributed by atoms with Gasteiger partial charge in [-0.1, -0.05) is 0 Å². The summed E-state index contributed by atoms with van der Waals surface area (Å²) >= 11 is 0. The van der Waals surface area contributed by atoms with E-state index in [1.807, 2.05) is 43.7 Å². The van der Waals surface area contributed by atoms with Gasteiger partial charge in [0.2, 0.25) is 0 Å². The Labute approximate surface area is 141 Å². The highest BCUT2D eigenvalue weighted by Crippen LogP contribution is 2.16. The van der Waals surface area contributed by atoms with Crippen molar-refractivity contribution in [1.29, 1.82) is 0 Å². The first-order valence-electron chi connectivity index (χ1n) is 8.21. The number of benzene rings is 1. The first-order valence-corrected chi connectivity index (χ1v) is 8.21. The van der Waals surface area contributed by atoms with Crippen molar-refractivity contribution in [1.82, 2.24) is 24.7 Å². The van der Waals surface area contributed by atoms with Crippen molar-refractivity contribution in [2.75, 3.05) is 26.2 Å². The zero-order valence-electron chi connectivity index (χ0n) is 14.3. The van der Waals surface area contributed by atoms with E-state index in [-0.39, 0.29) is 18.0 Å². The van der Waals surface area contributed by atoms with Gasteiger partial charge in [-0.3, -0.25) is 4.79 Å². The van der Waals surface area contributed by atoms with E-state index in [9.17, 15) is 9.59 Å². The number of rotatable bonds is 2. The number of fused-ring (bicyclic) bond motifs is 1. The van der Waals surface area contributed by atoms with Crippen molar-refractivity contribution in [2.45, 2.75) is 19.9 Å². The van der Waals surface area contributed by atoms with Crippen LogP contribution in [0.15, 0.2) is 24.5 Å². The van der Waals surface area contributed by atoms with Crippen LogP contribution in [-0.4, -0.2) is 63.5 Å². The topological polar surface area (TPSA) is 70.5 Å². The molecule has 1 fully saturated rings. The van der Waals surface area contributed by atoms with E-state index in [2.05, 4.69) is 10.3 Å². The average Bonchev–Trinajstić information content (AvgIpc) is 2.94. The fourth-order valence-electron chi connectivity index (χ4n) is 2.90. The number of hydrogen-bond donors (Lipinski definition) is 1. The number of carbonyl (C=O) groups excluding carboxylic acids is 2. The van der Waals surface area contributed by atoms with Crippen LogP contribution in [0.5, 0.6) is 0 Å². The third-order valence-electron chi connectivity index (χ3n) is 4.24. The monoisotopic (exact) mass is 329 g/mol. The van der Waals surface area contributed by atoms with E-state index >= 15 is 0 Å². The van der Waals surface area contributed by atoms with Crippen molar-refractivity contribution < 1.29 is 9.59 Å². The van der Waals surface area contributed by atoms with E-state index in [0.29, 0.717) is 31.7 Å². The Hall–Kier alpha value is -2.57. The van der Waals surface area contributed by atoms with Gasteiger partial charge in [0.05, 0.1) is 17.4 Å². The molecule has 0 spiro atoms. The van der Waals surface area contributed by atoms with Gasteiger partial charge in [-0.15, -0.1) is 0 Å². The Morgan fingerprint density at radius 2 is 1.79 bits per heavy atom. The second-order valence-electron chi connectivity index (χ2n) is 6.44. The van der Waals surface area contributed by atoms with Gasteiger partial charge in [0.25, 0.3) is 5.91 Å². The number of urea groups is 1. The van der Waals surface area contributed by atoms with Crippen LogP contribution in [0.2, 0.25) is 0 Å². The molecule has 1 saturated heterocycles. The van der Waals surface area contributed by atoms with Gasteiger partial charge in [-0.05, 0) is 32.0 Å². The number of nitrogens with zero attached hydrogens (tertiary/aromatic N) is 4. The largest absolute Gasteiger partial charge is 0.336 e. The molecule has 7 heteroatoms. The molecule has 0 bridgehead atoms. The zero-order chi connectivity index (χ0) is 17.3. The number of aromatic nitrogens is 2. The molecule has 24 heavy (non-hydrogen) atoms. The van der Waals surface area contributed by atoms with Gasteiger partial charge in [0.15, 0.2) is 0 Å². The number of nitrogens with one attached hydrogen (secondary N) is 1. The molecule has 0 radical (unpaired) electrons. The number of aryl methyl sites for hydroxylation is 1. The quantitative estimate of drug-likeness (QED) is 0.906. The first kappa shape index (κ1) is 16.3. The standard InChI is InChI=1S/C17H23N5O2/c1-12(2)19-17(24)22-8-6-21(7-9-22)16(23)13-4-5-15-14(10-13)18-11-20(15)3/h4-5,10-12H,6-9H2,1-3H3,(H,19,24). The van der Waals surface area contributed by atoms with Crippen LogP contribution >= 0.6 is 0 Å². The molecule has 1 N–H and O–H groups in total. The predicted molar refractivity (Wildman–Crippen MR) is 91.9 cm³/mol. The molecule has 2 aromatic rings. The van der Waals surface area contributed by atoms with Gasteiger partial charge in [-0.25, -0.2) is 9.78 Å². The van der Waals surface area contributed by atoms with E-state index in [4.69, 9.17) is 0 Å². The maximum atomic E-state index is 12.7. The zero-order valence-corrected chi connectivity index (χ0v) is 14.3. The first-order chi connectivity index (χ1) is 11.5. The third-order valence-corrected chi connectivity index (χ3v) is 4.24. The second-order valence-corrected chi connectivity index (χ2v) is 6.44. The Morgan fingerprint density at radius 1 is 1.12 bits per heavy atom. The minimum atomic E-state index is -0.0630. The number of imidazole rings is 1. The molecule has 1 aromatic heterocycles. The van der Waals surface area contributed by atoms with Crippen molar-refractivity contribution in [3.63, 3.8) is 0 Å². The average molecular weight is 329 g/mol. The summed E-state index contributed by atoms with van der Waals surface area (Å²) in [4.78, 5) is 32.5. The van der Waals surface area contributed by atoms with Crippen LogP contribution in [-0.2, 0) is 7.05 Å². The minimum absolute atomic E-state index is 0.00790. The molecule has 1 aliphatic heterocycles. The molecule has 3 amide bonds. The lowest BCUT2D eigenvalue weighted by Crippen LogP contribution is -2.54. The van der Waals surface area contributed by atoms with Crippen LogP contribution in [0, 0.1) is 0 Å². The Balaban J connectivity index is 1.65. The lowest BCUT2D eigenvalue weighted by Gasteiger charge is -2.35. The van der Waals surface area contributed by atoms with E-state index < -0.39 is 0 Å². The van der Waals surface area contributed by atoms with Crippen LogP contribution < -0.4 is 5.32 Å². The number of piperazine rings is 1. The van der Waals surface area contributed by atoms with Crippen LogP contribution in [0.25, 0.3) is 11.0 Å². The summed E-state index contributed by atoms with van der Waals surface area (Å²) in [5.41, 5.74) is 2.46. The lowest BCUT2D eigenvalue weighted by molar-refractivity contribution is 0.0664. The summed E-state index contributed by atoms with van der Waals surface area (Å²) in [6.45, 7) is 6.07. The van der Waals surface area contributed by atoms with Crippen LogP contribution in [0.3, 0.4) is 0 Å². The number of amides is 3. The van der Waals surface area contributed by atoms with Gasteiger partial charge < -0.3 is 19.7 Å². The van der Waals surface area contributed by atoms with E-state index in [1.165, 1.54) is 0 Å². The number of hydrogen-bond acceptors (Lipinski definition) is 3. The molecule has 0 aliphatic carbocycles. The fraction of sp³-hybridized carbons (Fsp3) is 0.471. The molecule has 0 unspecified atom stereocenters. The molecule has 128 valence electrons.